The lowest BCUT2D eigenvalue weighted by molar-refractivity contribution is 0.0238. The van der Waals surface area contributed by atoms with Crippen LogP contribution in [0.5, 0.6) is 5.88 Å². The molecule has 0 aliphatic carbocycles. The van der Waals surface area contributed by atoms with E-state index in [1.807, 2.05) is 6.92 Å². The van der Waals surface area contributed by atoms with E-state index >= 15 is 0 Å². The number of carbonyl (C=O) groups excluding carboxylic acids is 1. The molecule has 2 heterocycles. The number of ether oxygens (including phenoxy) is 2. The van der Waals surface area contributed by atoms with Gasteiger partial charge in [-0.05, 0) is 45.5 Å². The fourth-order valence-electron chi connectivity index (χ4n) is 3.13. The summed E-state index contributed by atoms with van der Waals surface area (Å²) in [6, 6.07) is 1.73. The number of rotatable bonds is 10. The van der Waals surface area contributed by atoms with Crippen LogP contribution in [0.4, 0.5) is 0 Å². The van der Waals surface area contributed by atoms with Gasteiger partial charge in [-0.1, -0.05) is 25.4 Å². The van der Waals surface area contributed by atoms with Gasteiger partial charge in [0.25, 0.3) is 5.91 Å². The first-order chi connectivity index (χ1) is 13.0. The zero-order valence-electron chi connectivity index (χ0n) is 16.7. The van der Waals surface area contributed by atoms with Gasteiger partial charge >= 0.3 is 0 Å². The molecule has 1 aliphatic heterocycles. The van der Waals surface area contributed by atoms with Crippen molar-refractivity contribution in [2.75, 3.05) is 32.8 Å². The Morgan fingerprint density at radius 2 is 2.11 bits per heavy atom. The van der Waals surface area contributed by atoms with Gasteiger partial charge in [0.05, 0.1) is 18.8 Å². The zero-order chi connectivity index (χ0) is 19.6. The van der Waals surface area contributed by atoms with Crippen molar-refractivity contribution >= 4 is 17.5 Å². The van der Waals surface area contributed by atoms with E-state index in [-0.39, 0.29) is 18.1 Å². The Bertz CT molecular complexity index is 590. The Labute approximate surface area is 167 Å². The van der Waals surface area contributed by atoms with Crippen LogP contribution in [0.25, 0.3) is 0 Å². The zero-order valence-corrected chi connectivity index (χ0v) is 17.4. The highest BCUT2D eigenvalue weighted by atomic mass is 35.5. The van der Waals surface area contributed by atoms with E-state index in [0.29, 0.717) is 29.7 Å². The van der Waals surface area contributed by atoms with Crippen molar-refractivity contribution in [3.05, 3.63) is 22.8 Å². The quantitative estimate of drug-likeness (QED) is 0.654. The first-order valence-electron chi connectivity index (χ1n) is 9.96. The average Bonchev–Trinajstić information content (AvgIpc) is 2.67. The molecule has 27 heavy (non-hydrogen) atoms. The van der Waals surface area contributed by atoms with Crippen LogP contribution >= 0.6 is 11.6 Å². The molecule has 0 radical (unpaired) electrons. The minimum atomic E-state index is -0.155. The van der Waals surface area contributed by atoms with Crippen molar-refractivity contribution < 1.29 is 14.3 Å². The molecule has 0 aromatic carbocycles. The average molecular weight is 398 g/mol. The van der Waals surface area contributed by atoms with Crippen molar-refractivity contribution in [3.8, 4) is 5.88 Å². The predicted molar refractivity (Wildman–Crippen MR) is 108 cm³/mol. The number of pyridine rings is 1. The number of hydrogen-bond donors (Lipinski definition) is 1. The molecule has 1 unspecified atom stereocenters. The van der Waals surface area contributed by atoms with Crippen LogP contribution in [0.1, 0.15) is 56.8 Å². The summed E-state index contributed by atoms with van der Waals surface area (Å²) in [6.07, 6.45) is 5.23. The number of halogens is 1. The van der Waals surface area contributed by atoms with Gasteiger partial charge in [-0.25, -0.2) is 4.98 Å². The van der Waals surface area contributed by atoms with Crippen LogP contribution in [0.3, 0.4) is 0 Å². The third-order valence-electron chi connectivity index (χ3n) is 4.90. The lowest BCUT2D eigenvalue weighted by Crippen LogP contribution is -2.33. The van der Waals surface area contributed by atoms with Gasteiger partial charge < -0.3 is 19.7 Å². The lowest BCUT2D eigenvalue weighted by atomic mass is 10.1. The molecule has 152 valence electrons. The normalized spacial score (nSPS) is 16.3. The van der Waals surface area contributed by atoms with Gasteiger partial charge in [0.1, 0.15) is 11.1 Å². The number of nitrogens with zero attached hydrogens (tertiary/aromatic N) is 2. The number of hydrogen-bond acceptors (Lipinski definition) is 5. The monoisotopic (exact) mass is 397 g/mol. The fraction of sp³-hybridized carbons (Fsp3) is 0.700. The molecule has 1 aromatic rings. The van der Waals surface area contributed by atoms with E-state index < -0.39 is 0 Å². The topological polar surface area (TPSA) is 63.7 Å². The van der Waals surface area contributed by atoms with E-state index in [1.54, 1.807) is 6.07 Å². The Morgan fingerprint density at radius 3 is 2.74 bits per heavy atom. The molecule has 2 rings (SSSR count). The molecule has 0 bridgehead atoms. The van der Waals surface area contributed by atoms with Crippen molar-refractivity contribution in [2.24, 2.45) is 0 Å². The summed E-state index contributed by atoms with van der Waals surface area (Å²) in [4.78, 5) is 19.1. The Morgan fingerprint density at radius 1 is 1.41 bits per heavy atom. The van der Waals surface area contributed by atoms with Crippen LogP contribution in [0, 0.1) is 0 Å². The van der Waals surface area contributed by atoms with Crippen LogP contribution < -0.4 is 10.1 Å². The second-order valence-electron chi connectivity index (χ2n) is 6.98. The molecule has 1 atom stereocenters. The molecule has 1 saturated heterocycles. The van der Waals surface area contributed by atoms with Gasteiger partial charge in [-0.15, -0.1) is 0 Å². The molecule has 0 saturated carbocycles. The van der Waals surface area contributed by atoms with Gasteiger partial charge in [0, 0.05) is 25.1 Å². The standard InChI is InChI=1S/C20H32ClN3O3/c1-4-24(5-2)10-6-7-15(3)23-19(25)16-13-18(21)20(22-14-16)27-17-8-11-26-12-9-17/h13-15,17H,4-12H2,1-3H3,(H,23,25). The maximum Gasteiger partial charge on any atom is 0.253 e. The predicted octanol–water partition coefficient (Wildman–Crippen LogP) is 3.53. The highest BCUT2D eigenvalue weighted by Gasteiger charge is 2.19. The molecule has 1 amide bonds. The molecule has 7 heteroatoms. The summed E-state index contributed by atoms with van der Waals surface area (Å²) in [6.45, 7) is 10.9. The smallest absolute Gasteiger partial charge is 0.253 e. The fourth-order valence-corrected chi connectivity index (χ4v) is 3.34. The molecule has 0 spiro atoms. The van der Waals surface area contributed by atoms with Crippen LogP contribution in [0.15, 0.2) is 12.3 Å². The lowest BCUT2D eigenvalue weighted by Gasteiger charge is -2.23. The largest absolute Gasteiger partial charge is 0.473 e. The van der Waals surface area contributed by atoms with E-state index in [4.69, 9.17) is 21.1 Å². The third-order valence-corrected chi connectivity index (χ3v) is 5.17. The van der Waals surface area contributed by atoms with Gasteiger partial charge in [0.15, 0.2) is 0 Å². The minimum Gasteiger partial charge on any atom is -0.473 e. The second kappa shape index (κ2) is 11.5. The molecule has 6 nitrogen and oxygen atoms in total. The van der Waals surface area contributed by atoms with Crippen molar-refractivity contribution in [1.82, 2.24) is 15.2 Å². The molecular formula is C20H32ClN3O3. The Balaban J connectivity index is 1.82. The van der Waals surface area contributed by atoms with Gasteiger partial charge in [-0.3, -0.25) is 4.79 Å². The summed E-state index contributed by atoms with van der Waals surface area (Å²) in [5.74, 6) is 0.227. The summed E-state index contributed by atoms with van der Waals surface area (Å²) in [5.41, 5.74) is 0.454. The summed E-state index contributed by atoms with van der Waals surface area (Å²) >= 11 is 6.28. The Hall–Kier alpha value is -1.37. The maximum atomic E-state index is 12.4. The van der Waals surface area contributed by atoms with Crippen molar-refractivity contribution in [3.63, 3.8) is 0 Å². The third kappa shape index (κ3) is 7.28. The molecular weight excluding hydrogens is 366 g/mol. The van der Waals surface area contributed by atoms with Crippen LogP contribution in [0.2, 0.25) is 5.02 Å². The van der Waals surface area contributed by atoms with Crippen LogP contribution in [-0.4, -0.2) is 60.8 Å². The first-order valence-corrected chi connectivity index (χ1v) is 10.3. The maximum absolute atomic E-state index is 12.4. The van der Waals surface area contributed by atoms with E-state index in [0.717, 1.165) is 45.3 Å². The summed E-state index contributed by atoms with van der Waals surface area (Å²) in [7, 11) is 0. The number of nitrogens with one attached hydrogen (secondary N) is 1. The number of aromatic nitrogens is 1. The molecule has 1 N–H and O–H groups in total. The summed E-state index contributed by atoms with van der Waals surface area (Å²) in [5, 5.41) is 3.38. The highest BCUT2D eigenvalue weighted by Crippen LogP contribution is 2.25. The van der Waals surface area contributed by atoms with E-state index in [2.05, 4.69) is 29.0 Å². The number of carbonyl (C=O) groups is 1. The van der Waals surface area contributed by atoms with Crippen molar-refractivity contribution in [2.45, 2.75) is 58.6 Å². The summed E-state index contributed by atoms with van der Waals surface area (Å²) < 4.78 is 11.2. The second-order valence-corrected chi connectivity index (χ2v) is 7.39. The minimum absolute atomic E-state index is 0.0641. The van der Waals surface area contributed by atoms with E-state index in [9.17, 15) is 4.79 Å². The SMILES string of the molecule is CCN(CC)CCCC(C)NC(=O)c1cnc(OC2CCOCC2)c(Cl)c1. The van der Waals surface area contributed by atoms with Gasteiger partial charge in [-0.2, -0.15) is 0 Å². The molecule has 1 fully saturated rings. The van der Waals surface area contributed by atoms with Gasteiger partial charge in [0.2, 0.25) is 5.88 Å². The highest BCUT2D eigenvalue weighted by molar-refractivity contribution is 6.32. The van der Waals surface area contributed by atoms with Crippen LogP contribution in [-0.2, 0) is 4.74 Å². The molecule has 1 aliphatic rings. The number of amides is 1. The Kier molecular flexibility index (Phi) is 9.31. The van der Waals surface area contributed by atoms with Crippen molar-refractivity contribution in [1.29, 1.82) is 0 Å². The van der Waals surface area contributed by atoms with E-state index in [1.165, 1.54) is 6.20 Å². The first kappa shape index (κ1) is 21.9. The molecule has 1 aromatic heterocycles.